The van der Waals surface area contributed by atoms with E-state index in [1.54, 1.807) is 0 Å². The van der Waals surface area contributed by atoms with E-state index in [0.29, 0.717) is 0 Å². The summed E-state index contributed by atoms with van der Waals surface area (Å²) < 4.78 is 0. The van der Waals surface area contributed by atoms with Crippen molar-refractivity contribution in [2.75, 3.05) is 0 Å². The minimum atomic E-state index is 0.846. The van der Waals surface area contributed by atoms with Crippen LogP contribution in [0.3, 0.4) is 0 Å². The topological polar surface area (TPSA) is 12.9 Å². The van der Waals surface area contributed by atoms with Gasteiger partial charge in [0.1, 0.15) is 0 Å². The lowest BCUT2D eigenvalue weighted by molar-refractivity contribution is 1.24. The molecule has 15 heavy (non-hydrogen) atoms. The van der Waals surface area contributed by atoms with E-state index in [-0.39, 0.29) is 0 Å². The van der Waals surface area contributed by atoms with E-state index in [9.17, 15) is 0 Å². The van der Waals surface area contributed by atoms with Gasteiger partial charge in [-0.15, -0.1) is 0 Å². The van der Waals surface area contributed by atoms with Gasteiger partial charge < -0.3 is 0 Å². The van der Waals surface area contributed by atoms with Gasteiger partial charge in [0, 0.05) is 16.7 Å². The summed E-state index contributed by atoms with van der Waals surface area (Å²) in [4.78, 5) is 5.59. The van der Waals surface area contributed by atoms with Crippen molar-refractivity contribution >= 4 is 34.1 Å². The van der Waals surface area contributed by atoms with Crippen molar-refractivity contribution in [3.63, 3.8) is 0 Å². The van der Waals surface area contributed by atoms with Crippen LogP contribution in [0.4, 0.5) is 0 Å². The fourth-order valence-electron chi connectivity index (χ4n) is 1.88. The zero-order valence-corrected chi connectivity index (χ0v) is 8.92. The molecule has 1 aromatic carbocycles. The van der Waals surface area contributed by atoms with Crippen molar-refractivity contribution in [3.8, 4) is 0 Å². The van der Waals surface area contributed by atoms with E-state index in [1.807, 2.05) is 30.4 Å². The standard InChI is InChI=1S/C13H9NS/c15-11-5-6-13-10(8-11)7-9-3-1-2-4-12(9)14-13/h1-7H,8H2. The highest BCUT2D eigenvalue weighted by Crippen LogP contribution is 2.21. The van der Waals surface area contributed by atoms with E-state index in [1.165, 1.54) is 10.9 Å². The van der Waals surface area contributed by atoms with Gasteiger partial charge in [-0.3, -0.25) is 0 Å². The minimum absolute atomic E-state index is 0.846. The minimum Gasteiger partial charge on any atom is -0.248 e. The first-order valence-corrected chi connectivity index (χ1v) is 5.33. The Hall–Kier alpha value is -1.54. The Bertz CT molecular complexity index is 584. The van der Waals surface area contributed by atoms with Gasteiger partial charge in [-0.1, -0.05) is 30.4 Å². The van der Waals surface area contributed by atoms with Crippen LogP contribution in [0, 0.1) is 0 Å². The Labute approximate surface area is 93.5 Å². The first kappa shape index (κ1) is 8.74. The van der Waals surface area contributed by atoms with Crippen molar-refractivity contribution in [3.05, 3.63) is 47.7 Å². The van der Waals surface area contributed by atoms with Crippen molar-refractivity contribution in [1.82, 2.24) is 4.98 Å². The number of rotatable bonds is 0. The van der Waals surface area contributed by atoms with Crippen LogP contribution in [-0.4, -0.2) is 9.85 Å². The molecule has 0 unspecified atom stereocenters. The monoisotopic (exact) mass is 211 g/mol. The lowest BCUT2D eigenvalue weighted by Crippen LogP contribution is -2.05. The number of pyridine rings is 1. The second-order valence-corrected chi connectivity index (χ2v) is 4.23. The molecule has 1 heterocycles. The average Bonchev–Trinajstić information content (AvgIpc) is 2.26. The van der Waals surface area contributed by atoms with Gasteiger partial charge in [0.15, 0.2) is 0 Å². The first-order chi connectivity index (χ1) is 7.33. The summed E-state index contributed by atoms with van der Waals surface area (Å²) in [6, 6.07) is 10.4. The molecule has 0 aliphatic heterocycles. The first-order valence-electron chi connectivity index (χ1n) is 4.92. The highest BCUT2D eigenvalue weighted by molar-refractivity contribution is 7.80. The maximum absolute atomic E-state index is 5.19. The Balaban J connectivity index is 2.31. The number of thiocarbonyl (C=S) groups is 1. The Morgan fingerprint density at radius 1 is 1.13 bits per heavy atom. The molecule has 0 N–H and O–H groups in total. The number of hydrogen-bond donors (Lipinski definition) is 0. The van der Waals surface area contributed by atoms with Gasteiger partial charge in [0.25, 0.3) is 0 Å². The molecule has 0 spiro atoms. The number of para-hydroxylation sites is 1. The molecule has 0 fully saturated rings. The summed E-state index contributed by atoms with van der Waals surface area (Å²) >= 11 is 5.19. The van der Waals surface area contributed by atoms with E-state index < -0.39 is 0 Å². The van der Waals surface area contributed by atoms with Crippen molar-refractivity contribution in [1.29, 1.82) is 0 Å². The van der Waals surface area contributed by atoms with Gasteiger partial charge in [0.2, 0.25) is 0 Å². The molecule has 0 radical (unpaired) electrons. The molecule has 0 atom stereocenters. The molecule has 3 rings (SSSR count). The van der Waals surface area contributed by atoms with Crippen LogP contribution >= 0.6 is 12.2 Å². The van der Waals surface area contributed by atoms with E-state index in [0.717, 1.165) is 22.5 Å². The zero-order chi connectivity index (χ0) is 10.3. The SMILES string of the molecule is S=C1C=Cc2nc3ccccc3cc2C1. The highest BCUT2D eigenvalue weighted by atomic mass is 32.1. The molecule has 1 nitrogen and oxygen atoms in total. The predicted octanol–water partition coefficient (Wildman–Crippen LogP) is 3.17. The van der Waals surface area contributed by atoms with Crippen LogP contribution in [0.15, 0.2) is 36.4 Å². The van der Waals surface area contributed by atoms with Crippen LogP contribution < -0.4 is 0 Å². The number of nitrogens with zero attached hydrogens (tertiary/aromatic N) is 1. The third-order valence-corrected chi connectivity index (χ3v) is 2.91. The number of allylic oxidation sites excluding steroid dienone is 1. The highest BCUT2D eigenvalue weighted by Gasteiger charge is 2.09. The lowest BCUT2D eigenvalue weighted by atomic mass is 10.00. The molecule has 1 aliphatic carbocycles. The van der Waals surface area contributed by atoms with E-state index in [4.69, 9.17) is 12.2 Å². The summed E-state index contributed by atoms with van der Waals surface area (Å²) in [5.74, 6) is 0. The summed E-state index contributed by atoms with van der Waals surface area (Å²) in [6.07, 6.45) is 4.83. The van der Waals surface area contributed by atoms with Gasteiger partial charge >= 0.3 is 0 Å². The summed E-state index contributed by atoms with van der Waals surface area (Å²) in [7, 11) is 0. The number of benzene rings is 1. The molecule has 2 aromatic rings. The van der Waals surface area contributed by atoms with Crippen molar-refractivity contribution in [2.24, 2.45) is 0 Å². The van der Waals surface area contributed by atoms with E-state index >= 15 is 0 Å². The average molecular weight is 211 g/mol. The fourth-order valence-corrected chi connectivity index (χ4v) is 2.10. The third kappa shape index (κ3) is 1.47. The maximum Gasteiger partial charge on any atom is 0.0709 e. The van der Waals surface area contributed by atoms with Gasteiger partial charge in [-0.2, -0.15) is 0 Å². The summed E-state index contributed by atoms with van der Waals surface area (Å²) in [6.45, 7) is 0. The van der Waals surface area contributed by atoms with Gasteiger partial charge in [-0.25, -0.2) is 4.98 Å². The van der Waals surface area contributed by atoms with E-state index in [2.05, 4.69) is 17.1 Å². The molecule has 0 amide bonds. The van der Waals surface area contributed by atoms with Gasteiger partial charge in [0.05, 0.1) is 11.2 Å². The van der Waals surface area contributed by atoms with Crippen molar-refractivity contribution in [2.45, 2.75) is 6.42 Å². The molecule has 2 heteroatoms. The molecule has 0 bridgehead atoms. The molecular formula is C13H9NS. The summed E-state index contributed by atoms with van der Waals surface area (Å²) in [5.41, 5.74) is 3.34. The van der Waals surface area contributed by atoms with Crippen LogP contribution in [0.2, 0.25) is 0 Å². The smallest absolute Gasteiger partial charge is 0.0709 e. The van der Waals surface area contributed by atoms with Crippen LogP contribution in [0.1, 0.15) is 11.3 Å². The number of aromatic nitrogens is 1. The Kier molecular flexibility index (Phi) is 1.89. The quantitative estimate of drug-likeness (QED) is 0.621. The second-order valence-electron chi connectivity index (χ2n) is 3.70. The number of fused-ring (bicyclic) bond motifs is 2. The maximum atomic E-state index is 5.19. The van der Waals surface area contributed by atoms with Crippen molar-refractivity contribution < 1.29 is 0 Å². The van der Waals surface area contributed by atoms with Crippen LogP contribution in [-0.2, 0) is 6.42 Å². The fraction of sp³-hybridized carbons (Fsp3) is 0.0769. The molecule has 0 saturated heterocycles. The largest absolute Gasteiger partial charge is 0.248 e. The Morgan fingerprint density at radius 3 is 2.93 bits per heavy atom. The molecule has 1 aromatic heterocycles. The molecule has 0 saturated carbocycles. The zero-order valence-electron chi connectivity index (χ0n) is 8.10. The molecule has 72 valence electrons. The molecule has 1 aliphatic rings. The predicted molar refractivity (Wildman–Crippen MR) is 67.1 cm³/mol. The van der Waals surface area contributed by atoms with Crippen LogP contribution in [0.5, 0.6) is 0 Å². The molecular weight excluding hydrogens is 202 g/mol. The normalized spacial score (nSPS) is 14.3. The van der Waals surface area contributed by atoms with Gasteiger partial charge in [-0.05, 0) is 29.8 Å². The Morgan fingerprint density at radius 2 is 2.00 bits per heavy atom. The third-order valence-electron chi connectivity index (χ3n) is 2.63. The number of hydrogen-bond acceptors (Lipinski definition) is 2. The second kappa shape index (κ2) is 3.24. The van der Waals surface area contributed by atoms with Crippen LogP contribution in [0.25, 0.3) is 17.0 Å². The lowest BCUT2D eigenvalue weighted by Gasteiger charge is -2.11. The summed E-state index contributed by atoms with van der Waals surface area (Å²) in [5, 5.41) is 1.19.